The molecule has 1 amide bonds. The summed E-state index contributed by atoms with van der Waals surface area (Å²) in [6.07, 6.45) is 3.29. The number of hydrogen-bond acceptors (Lipinski definition) is 4. The van der Waals surface area contributed by atoms with Crippen LogP contribution in [0.1, 0.15) is 45.6 Å². The van der Waals surface area contributed by atoms with E-state index in [-0.39, 0.29) is 5.91 Å². The molecule has 1 fully saturated rings. The molecule has 158 valence electrons. The van der Waals surface area contributed by atoms with Crippen LogP contribution in [0.2, 0.25) is 0 Å². The summed E-state index contributed by atoms with van der Waals surface area (Å²) in [7, 11) is -3.71. The lowest BCUT2D eigenvalue weighted by atomic mass is 10.1. The van der Waals surface area contributed by atoms with Crippen molar-refractivity contribution < 1.29 is 13.2 Å². The minimum Gasteiger partial charge on any atom is -0.338 e. The van der Waals surface area contributed by atoms with Crippen molar-refractivity contribution >= 4 is 43.0 Å². The highest BCUT2D eigenvalue weighted by atomic mass is 32.2. The van der Waals surface area contributed by atoms with Gasteiger partial charge in [-0.3, -0.25) is 9.52 Å². The molecule has 1 N–H and O–H groups in total. The number of benzene rings is 2. The van der Waals surface area contributed by atoms with E-state index in [4.69, 9.17) is 0 Å². The van der Waals surface area contributed by atoms with Gasteiger partial charge in [0, 0.05) is 23.5 Å². The fourth-order valence-corrected chi connectivity index (χ4v) is 6.78. The molecule has 1 aliphatic heterocycles. The number of sulfonamides is 1. The van der Waals surface area contributed by atoms with Crippen molar-refractivity contribution in [1.82, 2.24) is 4.90 Å². The number of piperidine rings is 1. The topological polar surface area (TPSA) is 66.5 Å². The van der Waals surface area contributed by atoms with Crippen molar-refractivity contribution in [3.8, 4) is 0 Å². The van der Waals surface area contributed by atoms with Crippen molar-refractivity contribution in [3.05, 3.63) is 58.0 Å². The van der Waals surface area contributed by atoms with Gasteiger partial charge in [-0.2, -0.15) is 0 Å². The number of nitrogens with zero attached hydrogens (tertiary/aromatic N) is 1. The van der Waals surface area contributed by atoms with Gasteiger partial charge in [-0.15, -0.1) is 11.3 Å². The second-order valence-corrected chi connectivity index (χ2v) is 10.8. The predicted molar refractivity (Wildman–Crippen MR) is 123 cm³/mol. The first-order valence-electron chi connectivity index (χ1n) is 10.2. The molecular formula is C23H26N2O3S2. The predicted octanol–water partition coefficient (Wildman–Crippen LogP) is 5.25. The average molecular weight is 443 g/mol. The smallest absolute Gasteiger partial charge is 0.263 e. The highest BCUT2D eigenvalue weighted by molar-refractivity contribution is 7.92. The molecule has 2 aromatic carbocycles. The van der Waals surface area contributed by atoms with Crippen LogP contribution in [0, 0.1) is 20.8 Å². The van der Waals surface area contributed by atoms with Gasteiger partial charge in [0.1, 0.15) is 0 Å². The van der Waals surface area contributed by atoms with Crippen molar-refractivity contribution in [3.63, 3.8) is 0 Å². The first kappa shape index (κ1) is 20.9. The van der Waals surface area contributed by atoms with Gasteiger partial charge in [0.05, 0.1) is 9.77 Å². The molecule has 1 aromatic heterocycles. The lowest BCUT2D eigenvalue weighted by Gasteiger charge is -2.26. The van der Waals surface area contributed by atoms with Gasteiger partial charge >= 0.3 is 0 Å². The quantitative estimate of drug-likeness (QED) is 0.600. The van der Waals surface area contributed by atoms with Gasteiger partial charge in [0.15, 0.2) is 0 Å². The number of amides is 1. The third-order valence-electron chi connectivity index (χ3n) is 5.50. The Hall–Kier alpha value is -2.38. The molecule has 0 radical (unpaired) electrons. The number of hydrogen-bond donors (Lipinski definition) is 1. The van der Waals surface area contributed by atoms with E-state index in [9.17, 15) is 13.2 Å². The Morgan fingerprint density at radius 2 is 1.63 bits per heavy atom. The highest BCUT2D eigenvalue weighted by Crippen LogP contribution is 2.31. The SMILES string of the molecule is Cc1cc(C)c(S(=O)(=O)Nc2ccc3sc(C(=O)N4CCCCC4)cc3c2)c(C)c1. The molecule has 0 saturated carbocycles. The van der Waals surface area contributed by atoms with Crippen LogP contribution in [0.15, 0.2) is 41.3 Å². The Morgan fingerprint density at radius 1 is 0.967 bits per heavy atom. The summed E-state index contributed by atoms with van der Waals surface area (Å²) in [5.41, 5.74) is 2.99. The summed E-state index contributed by atoms with van der Waals surface area (Å²) >= 11 is 1.46. The van der Waals surface area contributed by atoms with E-state index in [0.29, 0.717) is 15.5 Å². The fourth-order valence-electron chi connectivity index (χ4n) is 4.26. The van der Waals surface area contributed by atoms with Crippen LogP contribution in [0.5, 0.6) is 0 Å². The van der Waals surface area contributed by atoms with Crippen molar-refractivity contribution in [2.75, 3.05) is 17.8 Å². The molecular weight excluding hydrogens is 416 g/mol. The summed E-state index contributed by atoms with van der Waals surface area (Å²) in [5, 5.41) is 0.873. The zero-order chi connectivity index (χ0) is 21.5. The number of aryl methyl sites for hydroxylation is 3. The monoisotopic (exact) mass is 442 g/mol. The lowest BCUT2D eigenvalue weighted by molar-refractivity contribution is 0.0729. The first-order chi connectivity index (χ1) is 14.2. The number of rotatable bonds is 4. The molecule has 0 unspecified atom stereocenters. The number of thiophene rings is 1. The van der Waals surface area contributed by atoms with E-state index in [1.807, 2.05) is 49.9 Å². The lowest BCUT2D eigenvalue weighted by Crippen LogP contribution is -2.35. The largest absolute Gasteiger partial charge is 0.338 e. The van der Waals surface area contributed by atoms with E-state index in [1.165, 1.54) is 17.8 Å². The number of likely N-dealkylation sites (tertiary alicyclic amines) is 1. The summed E-state index contributed by atoms with van der Waals surface area (Å²) in [4.78, 5) is 15.7. The molecule has 30 heavy (non-hydrogen) atoms. The Kier molecular flexibility index (Phi) is 5.59. The Labute approximate surface area is 181 Å². The molecule has 3 aromatic rings. The third-order valence-corrected chi connectivity index (χ3v) is 8.29. The second-order valence-electron chi connectivity index (χ2n) is 8.05. The molecule has 0 spiro atoms. The molecule has 0 atom stereocenters. The number of carbonyl (C=O) groups excluding carboxylic acids is 1. The second kappa shape index (κ2) is 8.04. The van der Waals surface area contributed by atoms with E-state index >= 15 is 0 Å². The number of fused-ring (bicyclic) bond motifs is 1. The summed E-state index contributed by atoms with van der Waals surface area (Å²) < 4.78 is 29.8. The van der Waals surface area contributed by atoms with Gasteiger partial charge in [0.25, 0.3) is 15.9 Å². The molecule has 0 bridgehead atoms. The van der Waals surface area contributed by atoms with E-state index in [0.717, 1.165) is 52.7 Å². The summed E-state index contributed by atoms with van der Waals surface area (Å²) in [6, 6.07) is 11.1. The molecule has 7 heteroatoms. The third kappa shape index (κ3) is 4.09. The number of nitrogens with one attached hydrogen (secondary N) is 1. The van der Waals surface area contributed by atoms with Crippen LogP contribution < -0.4 is 4.72 Å². The minimum absolute atomic E-state index is 0.0731. The zero-order valence-electron chi connectivity index (χ0n) is 17.5. The maximum absolute atomic E-state index is 13.0. The fraction of sp³-hybridized carbons (Fsp3) is 0.348. The first-order valence-corrected chi connectivity index (χ1v) is 12.5. The Balaban J connectivity index is 1.62. The van der Waals surface area contributed by atoms with Gasteiger partial charge < -0.3 is 4.90 Å². The molecule has 4 rings (SSSR count). The van der Waals surface area contributed by atoms with Gasteiger partial charge in [0.2, 0.25) is 0 Å². The van der Waals surface area contributed by atoms with Crippen LogP contribution in [0.25, 0.3) is 10.1 Å². The molecule has 0 aliphatic carbocycles. The standard InChI is InChI=1S/C23H26N2O3S2/c1-15-11-16(2)22(17(3)12-15)30(27,28)24-19-7-8-20-18(13-19)14-21(29-20)23(26)25-9-5-4-6-10-25/h7-8,11-14,24H,4-6,9-10H2,1-3H3. The normalized spacial score (nSPS) is 14.8. The van der Waals surface area contributed by atoms with Crippen molar-refractivity contribution in [2.24, 2.45) is 0 Å². The van der Waals surface area contributed by atoms with E-state index in [1.54, 1.807) is 12.1 Å². The molecule has 1 saturated heterocycles. The summed E-state index contributed by atoms with van der Waals surface area (Å²) in [5.74, 6) is 0.0731. The van der Waals surface area contributed by atoms with E-state index < -0.39 is 10.0 Å². The van der Waals surface area contributed by atoms with Gasteiger partial charge in [-0.05, 0) is 80.8 Å². The molecule has 1 aliphatic rings. The zero-order valence-corrected chi connectivity index (χ0v) is 19.1. The Bertz CT molecular complexity index is 1200. The van der Waals surface area contributed by atoms with Crippen LogP contribution in [0.3, 0.4) is 0 Å². The maximum Gasteiger partial charge on any atom is 0.263 e. The summed E-state index contributed by atoms with van der Waals surface area (Å²) in [6.45, 7) is 7.21. The molecule has 2 heterocycles. The van der Waals surface area contributed by atoms with Crippen molar-refractivity contribution in [1.29, 1.82) is 0 Å². The Morgan fingerprint density at radius 3 is 2.30 bits per heavy atom. The maximum atomic E-state index is 13.0. The van der Waals surface area contributed by atoms with Crippen LogP contribution in [-0.2, 0) is 10.0 Å². The van der Waals surface area contributed by atoms with Crippen LogP contribution in [-0.4, -0.2) is 32.3 Å². The van der Waals surface area contributed by atoms with Crippen LogP contribution in [0.4, 0.5) is 5.69 Å². The van der Waals surface area contributed by atoms with Gasteiger partial charge in [-0.1, -0.05) is 17.7 Å². The van der Waals surface area contributed by atoms with E-state index in [2.05, 4.69) is 4.72 Å². The van der Waals surface area contributed by atoms with Crippen LogP contribution >= 0.6 is 11.3 Å². The number of carbonyl (C=O) groups is 1. The minimum atomic E-state index is -3.71. The van der Waals surface area contributed by atoms with Gasteiger partial charge in [-0.25, -0.2) is 8.42 Å². The number of anilines is 1. The molecule has 5 nitrogen and oxygen atoms in total. The van der Waals surface area contributed by atoms with Crippen molar-refractivity contribution in [2.45, 2.75) is 44.9 Å². The average Bonchev–Trinajstić information content (AvgIpc) is 3.10. The highest BCUT2D eigenvalue weighted by Gasteiger charge is 2.22.